The molecule has 0 spiro atoms. The number of anilines is 1. The van der Waals surface area contributed by atoms with Gasteiger partial charge in [-0.3, -0.25) is 9.59 Å². The maximum absolute atomic E-state index is 12.2. The smallest absolute Gasteiger partial charge is 0.314 e. The van der Waals surface area contributed by atoms with Crippen LogP contribution >= 0.6 is 0 Å². The molecule has 2 N–H and O–H groups in total. The highest BCUT2D eigenvalue weighted by Gasteiger charge is 2.35. The van der Waals surface area contributed by atoms with Crippen LogP contribution in [-0.4, -0.2) is 57.1 Å². The zero-order valence-corrected chi connectivity index (χ0v) is 16.3. The van der Waals surface area contributed by atoms with E-state index in [0.717, 1.165) is 0 Å². The molecule has 1 aromatic rings. The molecule has 1 aliphatic rings. The van der Waals surface area contributed by atoms with Gasteiger partial charge in [0.15, 0.2) is 16.1 Å². The van der Waals surface area contributed by atoms with Crippen molar-refractivity contribution >= 4 is 27.5 Å². The average Bonchev–Trinajstić information content (AvgIpc) is 3.00. The molecule has 0 unspecified atom stereocenters. The Kier molecular flexibility index (Phi) is 5.73. The van der Waals surface area contributed by atoms with Crippen molar-refractivity contribution in [3.63, 3.8) is 0 Å². The van der Waals surface area contributed by atoms with Gasteiger partial charge >= 0.3 is 11.8 Å². The molecule has 0 saturated heterocycles. The van der Waals surface area contributed by atoms with Crippen molar-refractivity contribution in [2.24, 2.45) is 0 Å². The van der Waals surface area contributed by atoms with E-state index in [0.29, 0.717) is 11.3 Å². The second kappa shape index (κ2) is 7.33. The molecule has 0 atom stereocenters. The molecule has 11 heteroatoms. The van der Waals surface area contributed by atoms with Crippen molar-refractivity contribution in [3.05, 3.63) is 11.3 Å². The molecular weight excluding hydrogens is 364 g/mol. The van der Waals surface area contributed by atoms with Crippen LogP contribution in [0.2, 0.25) is 0 Å². The van der Waals surface area contributed by atoms with Gasteiger partial charge in [0.05, 0.1) is 29.3 Å². The van der Waals surface area contributed by atoms with E-state index in [-0.39, 0.29) is 23.9 Å². The number of carbonyl (C=O) groups excluding carboxylic acids is 2. The monoisotopic (exact) mass is 388 g/mol. The summed E-state index contributed by atoms with van der Waals surface area (Å²) in [5.74, 6) is -1.98. The summed E-state index contributed by atoms with van der Waals surface area (Å²) in [6, 6.07) is 0. The van der Waals surface area contributed by atoms with Crippen LogP contribution in [0.5, 0.6) is 0 Å². The quantitative estimate of drug-likeness (QED) is 0.525. The number of hydrogen-bond donors (Lipinski definition) is 2. The highest BCUT2D eigenvalue weighted by atomic mass is 32.2. The predicted molar refractivity (Wildman–Crippen MR) is 93.0 cm³/mol. The summed E-state index contributed by atoms with van der Waals surface area (Å²) >= 11 is 0. The molecule has 0 fully saturated rings. The SMILES string of the molecule is COC(CNC(=O)C(=O)Nc1c2c(nn1C(C)(C)C)CS(=O)(=O)C2)OC. The average molecular weight is 388 g/mol. The third-order valence-electron chi connectivity index (χ3n) is 3.82. The number of amides is 2. The van der Waals surface area contributed by atoms with Gasteiger partial charge in [0, 0.05) is 19.8 Å². The van der Waals surface area contributed by atoms with Crippen molar-refractivity contribution in [1.82, 2.24) is 15.1 Å². The summed E-state index contributed by atoms with van der Waals surface area (Å²) in [5.41, 5.74) is 0.312. The highest BCUT2D eigenvalue weighted by Crippen LogP contribution is 2.34. The first-order valence-corrected chi connectivity index (χ1v) is 9.77. The number of rotatable bonds is 5. The fraction of sp³-hybridized carbons (Fsp3) is 0.667. The summed E-state index contributed by atoms with van der Waals surface area (Å²) < 4.78 is 35.1. The molecule has 146 valence electrons. The Morgan fingerprint density at radius 3 is 2.35 bits per heavy atom. The summed E-state index contributed by atoms with van der Waals surface area (Å²) in [4.78, 5) is 24.3. The summed E-state index contributed by atoms with van der Waals surface area (Å²) in [5, 5.41) is 9.21. The Bertz CT molecular complexity index is 805. The maximum atomic E-state index is 12.2. The summed E-state index contributed by atoms with van der Waals surface area (Å²) in [7, 11) is -0.474. The van der Waals surface area contributed by atoms with Gasteiger partial charge in [-0.1, -0.05) is 0 Å². The molecule has 2 rings (SSSR count). The maximum Gasteiger partial charge on any atom is 0.314 e. The third kappa shape index (κ3) is 4.40. The Hall–Kier alpha value is -1.98. The van der Waals surface area contributed by atoms with Crippen LogP contribution < -0.4 is 10.6 Å². The molecule has 2 amide bonds. The Balaban J connectivity index is 2.21. The van der Waals surface area contributed by atoms with E-state index in [1.165, 1.54) is 18.9 Å². The Morgan fingerprint density at radius 1 is 1.19 bits per heavy atom. The lowest BCUT2D eigenvalue weighted by Gasteiger charge is -2.23. The molecule has 26 heavy (non-hydrogen) atoms. The predicted octanol–water partition coefficient (Wildman–Crippen LogP) is -0.260. The van der Waals surface area contributed by atoms with E-state index in [2.05, 4.69) is 15.7 Å². The van der Waals surface area contributed by atoms with Gasteiger partial charge in [0.1, 0.15) is 5.82 Å². The molecule has 0 aromatic carbocycles. The van der Waals surface area contributed by atoms with Crippen LogP contribution in [0.1, 0.15) is 32.0 Å². The fourth-order valence-corrected chi connectivity index (χ4v) is 4.03. The van der Waals surface area contributed by atoms with Crippen LogP contribution in [-0.2, 0) is 45.9 Å². The van der Waals surface area contributed by atoms with Gasteiger partial charge in [-0.05, 0) is 20.8 Å². The topological polar surface area (TPSA) is 129 Å². The zero-order valence-electron chi connectivity index (χ0n) is 15.5. The van der Waals surface area contributed by atoms with E-state index in [1.807, 2.05) is 20.8 Å². The van der Waals surface area contributed by atoms with Gasteiger partial charge < -0.3 is 20.1 Å². The van der Waals surface area contributed by atoms with Crippen LogP contribution in [0.3, 0.4) is 0 Å². The van der Waals surface area contributed by atoms with Gasteiger partial charge in [0.2, 0.25) is 0 Å². The standard InChI is InChI=1S/C15H24N4O6S/c1-15(2,3)19-12(9-7-26(22,23)8-10(9)18-19)17-14(21)13(20)16-6-11(24-4)25-5/h11H,6-8H2,1-5H3,(H,16,20)(H,17,21). The molecule has 2 heterocycles. The number of carbonyl (C=O) groups is 2. The van der Waals surface area contributed by atoms with Crippen molar-refractivity contribution in [3.8, 4) is 0 Å². The van der Waals surface area contributed by atoms with Crippen molar-refractivity contribution < 1.29 is 27.5 Å². The minimum atomic E-state index is -3.29. The zero-order chi connectivity index (χ0) is 19.7. The van der Waals surface area contributed by atoms with Crippen LogP contribution in [0.4, 0.5) is 5.82 Å². The second-order valence-corrected chi connectivity index (χ2v) is 9.02. The lowest BCUT2D eigenvalue weighted by atomic mass is 10.1. The van der Waals surface area contributed by atoms with E-state index in [1.54, 1.807) is 0 Å². The van der Waals surface area contributed by atoms with Crippen molar-refractivity contribution in [1.29, 1.82) is 0 Å². The number of nitrogens with zero attached hydrogens (tertiary/aromatic N) is 2. The first-order valence-electron chi connectivity index (χ1n) is 7.95. The molecule has 0 bridgehead atoms. The van der Waals surface area contributed by atoms with Crippen LogP contribution in [0.15, 0.2) is 0 Å². The van der Waals surface area contributed by atoms with E-state index < -0.39 is 33.5 Å². The normalized spacial score (nSPS) is 15.8. The lowest BCUT2D eigenvalue weighted by Crippen LogP contribution is -2.41. The number of aromatic nitrogens is 2. The highest BCUT2D eigenvalue weighted by molar-refractivity contribution is 7.90. The Morgan fingerprint density at radius 2 is 1.81 bits per heavy atom. The van der Waals surface area contributed by atoms with Crippen LogP contribution in [0, 0.1) is 0 Å². The van der Waals surface area contributed by atoms with E-state index in [9.17, 15) is 18.0 Å². The Labute approximate surface area is 152 Å². The van der Waals surface area contributed by atoms with Gasteiger partial charge in [0.25, 0.3) is 0 Å². The number of ether oxygens (including phenoxy) is 2. The van der Waals surface area contributed by atoms with Gasteiger partial charge in [-0.15, -0.1) is 0 Å². The first-order chi connectivity index (χ1) is 12.0. The minimum absolute atomic E-state index is 0.00965. The molecule has 0 saturated carbocycles. The van der Waals surface area contributed by atoms with Crippen LogP contribution in [0.25, 0.3) is 0 Å². The molecule has 10 nitrogen and oxygen atoms in total. The molecule has 1 aromatic heterocycles. The number of nitrogens with one attached hydrogen (secondary N) is 2. The number of methoxy groups -OCH3 is 2. The summed E-state index contributed by atoms with van der Waals surface area (Å²) in [6.07, 6.45) is -0.679. The van der Waals surface area contributed by atoms with E-state index in [4.69, 9.17) is 9.47 Å². The minimum Gasteiger partial charge on any atom is -0.354 e. The third-order valence-corrected chi connectivity index (χ3v) is 5.26. The largest absolute Gasteiger partial charge is 0.354 e. The molecule has 0 aliphatic carbocycles. The van der Waals surface area contributed by atoms with Gasteiger partial charge in [-0.2, -0.15) is 5.10 Å². The van der Waals surface area contributed by atoms with Crippen molar-refractivity contribution in [2.45, 2.75) is 44.1 Å². The number of fused-ring (bicyclic) bond motifs is 1. The lowest BCUT2D eigenvalue weighted by molar-refractivity contribution is -0.139. The van der Waals surface area contributed by atoms with Crippen molar-refractivity contribution in [2.75, 3.05) is 26.1 Å². The number of hydrogen-bond acceptors (Lipinski definition) is 7. The molecular formula is C15H24N4O6S. The van der Waals surface area contributed by atoms with Gasteiger partial charge in [-0.25, -0.2) is 13.1 Å². The first kappa shape index (κ1) is 20.3. The molecule has 1 aliphatic heterocycles. The number of sulfone groups is 1. The summed E-state index contributed by atoms with van der Waals surface area (Å²) in [6.45, 7) is 5.58. The second-order valence-electron chi connectivity index (χ2n) is 6.95. The van der Waals surface area contributed by atoms with E-state index >= 15 is 0 Å². The fourth-order valence-electron chi connectivity index (χ4n) is 2.54. The molecule has 0 radical (unpaired) electrons.